The third-order valence-corrected chi connectivity index (χ3v) is 7.72. The zero-order valence-corrected chi connectivity index (χ0v) is 20.1. The summed E-state index contributed by atoms with van der Waals surface area (Å²) < 4.78 is 0. The highest BCUT2D eigenvalue weighted by atomic mass is 35.5. The molecule has 1 aliphatic heterocycles. The topological polar surface area (TPSA) is 29.1 Å². The Bertz CT molecular complexity index is 888. The van der Waals surface area contributed by atoms with Crippen LogP contribution in [0.5, 0.6) is 0 Å². The van der Waals surface area contributed by atoms with E-state index in [9.17, 15) is 4.79 Å². The fourth-order valence-electron chi connectivity index (χ4n) is 5.21. The molecule has 1 N–H and O–H groups in total. The van der Waals surface area contributed by atoms with Crippen molar-refractivity contribution in [1.82, 2.24) is 5.32 Å². The largest absolute Gasteiger partial charge is 0.352 e. The lowest BCUT2D eigenvalue weighted by atomic mass is 9.63. The van der Waals surface area contributed by atoms with Crippen molar-refractivity contribution in [1.29, 1.82) is 0 Å². The summed E-state index contributed by atoms with van der Waals surface area (Å²) in [6.45, 7) is 8.36. The predicted octanol–water partition coefficient (Wildman–Crippen LogP) is 7.60. The Morgan fingerprint density at radius 2 is 1.81 bits per heavy atom. The van der Waals surface area contributed by atoms with E-state index in [1.54, 1.807) is 0 Å². The first kappa shape index (κ1) is 23.9. The van der Waals surface area contributed by atoms with Gasteiger partial charge in [-0.05, 0) is 79.3 Å². The van der Waals surface area contributed by atoms with Gasteiger partial charge in [-0.15, -0.1) is 6.58 Å². The summed E-state index contributed by atoms with van der Waals surface area (Å²) in [4.78, 5) is 13.0. The van der Waals surface area contributed by atoms with E-state index in [0.717, 1.165) is 42.1 Å². The van der Waals surface area contributed by atoms with Crippen LogP contribution in [0.2, 0.25) is 10.0 Å². The molecule has 2 aromatic carbocycles. The van der Waals surface area contributed by atoms with Crippen LogP contribution in [-0.4, -0.2) is 11.9 Å². The van der Waals surface area contributed by atoms with Gasteiger partial charge in [0.25, 0.3) is 0 Å². The van der Waals surface area contributed by atoms with Crippen LogP contribution in [0.3, 0.4) is 0 Å². The van der Waals surface area contributed by atoms with Crippen molar-refractivity contribution in [2.24, 2.45) is 11.3 Å². The Kier molecular flexibility index (Phi) is 8.24. The zero-order valence-electron chi connectivity index (χ0n) is 18.5. The molecule has 2 nitrogen and oxygen atoms in total. The molecule has 0 radical (unpaired) electrons. The number of hydrogen-bond acceptors (Lipinski definition) is 1. The van der Waals surface area contributed by atoms with Gasteiger partial charge in [-0.25, -0.2) is 0 Å². The summed E-state index contributed by atoms with van der Waals surface area (Å²) >= 11 is 12.4. The first-order valence-corrected chi connectivity index (χ1v) is 12.1. The number of amides is 1. The summed E-state index contributed by atoms with van der Waals surface area (Å²) in [5.41, 5.74) is 2.49. The second-order valence-electron chi connectivity index (χ2n) is 8.80. The molecule has 1 aliphatic rings. The molecule has 2 aromatic rings. The monoisotopic (exact) mass is 457 g/mol. The Morgan fingerprint density at radius 1 is 1.10 bits per heavy atom. The molecular formula is C27H33Cl2NO. The van der Waals surface area contributed by atoms with Gasteiger partial charge in [0.05, 0.1) is 0 Å². The molecule has 1 fully saturated rings. The molecule has 1 heterocycles. The van der Waals surface area contributed by atoms with Gasteiger partial charge >= 0.3 is 0 Å². The average molecular weight is 458 g/mol. The van der Waals surface area contributed by atoms with E-state index in [4.69, 9.17) is 23.2 Å². The van der Waals surface area contributed by atoms with Gasteiger partial charge < -0.3 is 5.32 Å². The number of benzene rings is 2. The van der Waals surface area contributed by atoms with Crippen molar-refractivity contribution in [3.63, 3.8) is 0 Å². The number of rotatable bonds is 9. The van der Waals surface area contributed by atoms with E-state index in [-0.39, 0.29) is 29.2 Å². The molecule has 0 aliphatic carbocycles. The number of hydrogen-bond donors (Lipinski definition) is 1. The van der Waals surface area contributed by atoms with E-state index in [0.29, 0.717) is 6.42 Å². The SMILES string of the molecule is C=CCC1C[C@H](c2cccc(Cl)c2)[C@@H](C(CC)(CC)CCc2ccc(Cl)cc2)NC1=O. The summed E-state index contributed by atoms with van der Waals surface area (Å²) in [7, 11) is 0. The molecule has 3 atom stereocenters. The lowest BCUT2D eigenvalue weighted by molar-refractivity contribution is -0.130. The lowest BCUT2D eigenvalue weighted by Crippen LogP contribution is -2.56. The van der Waals surface area contributed by atoms with Crippen LogP contribution in [0.1, 0.15) is 63.0 Å². The van der Waals surface area contributed by atoms with Gasteiger partial charge in [-0.3, -0.25) is 4.79 Å². The number of allylic oxidation sites excluding steroid dienone is 1. The highest BCUT2D eigenvalue weighted by Crippen LogP contribution is 2.46. The van der Waals surface area contributed by atoms with Crippen molar-refractivity contribution >= 4 is 29.1 Å². The Balaban J connectivity index is 1.94. The highest BCUT2D eigenvalue weighted by molar-refractivity contribution is 6.30. The third kappa shape index (κ3) is 5.54. The van der Waals surface area contributed by atoms with Crippen molar-refractivity contribution < 1.29 is 4.79 Å². The molecule has 31 heavy (non-hydrogen) atoms. The minimum atomic E-state index is -0.0413. The standard InChI is InChI=1S/C27H33Cl2NO/c1-4-8-21-18-24(20-9-7-10-23(29)17-20)25(30-26(21)31)27(5-2,6-3)16-15-19-11-13-22(28)14-12-19/h4,7,9-14,17,21,24-25H,1,5-6,8,15-16,18H2,2-3H3,(H,30,31)/t21?,24-,25+/m1/s1. The highest BCUT2D eigenvalue weighted by Gasteiger charge is 2.46. The minimum Gasteiger partial charge on any atom is -0.352 e. The third-order valence-electron chi connectivity index (χ3n) is 7.23. The van der Waals surface area contributed by atoms with E-state index in [1.165, 1.54) is 11.1 Å². The van der Waals surface area contributed by atoms with Crippen molar-refractivity contribution in [3.8, 4) is 0 Å². The maximum atomic E-state index is 13.0. The second kappa shape index (κ2) is 10.7. The average Bonchev–Trinajstić information content (AvgIpc) is 2.77. The number of nitrogens with one attached hydrogen (secondary N) is 1. The molecule has 0 aromatic heterocycles. The van der Waals surface area contributed by atoms with Gasteiger partial charge in [0, 0.05) is 27.9 Å². The number of halogens is 2. The van der Waals surface area contributed by atoms with Gasteiger partial charge in [0.2, 0.25) is 5.91 Å². The number of carbonyl (C=O) groups is 1. The van der Waals surface area contributed by atoms with E-state index in [2.05, 4.69) is 50.0 Å². The number of carbonyl (C=O) groups excluding carboxylic acids is 1. The Hall–Kier alpha value is -1.77. The first-order valence-electron chi connectivity index (χ1n) is 11.3. The fraction of sp³-hybridized carbons (Fsp3) is 0.444. The molecular weight excluding hydrogens is 425 g/mol. The maximum Gasteiger partial charge on any atom is 0.223 e. The van der Waals surface area contributed by atoms with Crippen LogP contribution in [0.4, 0.5) is 0 Å². The molecule has 0 spiro atoms. The number of piperidine rings is 1. The van der Waals surface area contributed by atoms with Crippen LogP contribution in [0, 0.1) is 11.3 Å². The summed E-state index contributed by atoms with van der Waals surface area (Å²) in [5, 5.41) is 4.96. The Labute approximate surface area is 197 Å². The lowest BCUT2D eigenvalue weighted by Gasteiger charge is -2.48. The van der Waals surface area contributed by atoms with Gasteiger partial charge in [-0.1, -0.05) is 67.4 Å². The summed E-state index contributed by atoms with van der Waals surface area (Å²) in [6.07, 6.45) is 7.36. The van der Waals surface area contributed by atoms with Crippen LogP contribution in [0.25, 0.3) is 0 Å². The van der Waals surface area contributed by atoms with Crippen LogP contribution < -0.4 is 5.32 Å². The van der Waals surface area contributed by atoms with Crippen molar-refractivity contribution in [2.45, 2.75) is 64.3 Å². The maximum absolute atomic E-state index is 13.0. The van der Waals surface area contributed by atoms with Crippen LogP contribution >= 0.6 is 23.2 Å². The minimum absolute atomic E-state index is 0.00142. The van der Waals surface area contributed by atoms with Crippen molar-refractivity contribution in [2.75, 3.05) is 0 Å². The smallest absolute Gasteiger partial charge is 0.223 e. The first-order chi connectivity index (χ1) is 14.9. The normalized spacial score (nSPS) is 21.5. The fourth-order valence-corrected chi connectivity index (χ4v) is 5.54. The quantitative estimate of drug-likeness (QED) is 0.385. The molecule has 1 saturated heterocycles. The molecule has 166 valence electrons. The molecule has 0 saturated carbocycles. The predicted molar refractivity (Wildman–Crippen MR) is 132 cm³/mol. The van der Waals surface area contributed by atoms with Crippen LogP contribution in [-0.2, 0) is 11.2 Å². The molecule has 1 unspecified atom stereocenters. The number of aryl methyl sites for hydroxylation is 1. The zero-order chi connectivity index (χ0) is 22.4. The summed E-state index contributed by atoms with van der Waals surface area (Å²) in [6, 6.07) is 16.3. The molecule has 4 heteroatoms. The van der Waals surface area contributed by atoms with Gasteiger partial charge in [-0.2, -0.15) is 0 Å². The molecule has 0 bridgehead atoms. The molecule has 1 amide bonds. The van der Waals surface area contributed by atoms with E-state index < -0.39 is 0 Å². The van der Waals surface area contributed by atoms with Gasteiger partial charge in [0.1, 0.15) is 0 Å². The van der Waals surface area contributed by atoms with Crippen molar-refractivity contribution in [3.05, 3.63) is 82.4 Å². The summed E-state index contributed by atoms with van der Waals surface area (Å²) in [5.74, 6) is 0.341. The Morgan fingerprint density at radius 3 is 2.42 bits per heavy atom. The van der Waals surface area contributed by atoms with E-state index >= 15 is 0 Å². The van der Waals surface area contributed by atoms with Crippen LogP contribution in [0.15, 0.2) is 61.2 Å². The van der Waals surface area contributed by atoms with E-state index in [1.807, 2.05) is 30.3 Å². The van der Waals surface area contributed by atoms with Gasteiger partial charge in [0.15, 0.2) is 0 Å². The molecule has 3 rings (SSSR count). The second-order valence-corrected chi connectivity index (χ2v) is 9.67.